The molecule has 26 heavy (non-hydrogen) atoms. The fourth-order valence-corrected chi connectivity index (χ4v) is 3.21. The van der Waals surface area contributed by atoms with Gasteiger partial charge in [0.15, 0.2) is 0 Å². The molecule has 2 aromatic rings. The van der Waals surface area contributed by atoms with Crippen molar-refractivity contribution in [3.8, 4) is 0 Å². The number of carbonyl (C=O) groups is 1. The molecular weight excluding hydrogens is 332 g/mol. The number of nitrogens with one attached hydrogen (secondary N) is 1. The minimum Gasteiger partial charge on any atom is -0.469 e. The van der Waals surface area contributed by atoms with Crippen molar-refractivity contribution in [3.63, 3.8) is 0 Å². The van der Waals surface area contributed by atoms with E-state index in [1.165, 1.54) is 11.1 Å². The Morgan fingerprint density at radius 1 is 1.35 bits per heavy atom. The van der Waals surface area contributed by atoms with Gasteiger partial charge in [0.05, 0.1) is 18.1 Å². The molecule has 1 aliphatic rings. The van der Waals surface area contributed by atoms with Crippen LogP contribution < -0.4 is 15.8 Å². The zero-order valence-electron chi connectivity index (χ0n) is 15.2. The lowest BCUT2D eigenvalue weighted by Crippen LogP contribution is -2.38. The lowest BCUT2D eigenvalue weighted by Gasteiger charge is -2.28. The van der Waals surface area contributed by atoms with E-state index in [1.807, 2.05) is 19.1 Å². The first-order valence-electron chi connectivity index (χ1n) is 9.25. The molecular formula is C19H26N4O3. The summed E-state index contributed by atoms with van der Waals surface area (Å²) < 4.78 is 6.50. The van der Waals surface area contributed by atoms with E-state index >= 15 is 0 Å². The number of nitrogens with zero attached hydrogens (tertiary/aromatic N) is 3. The summed E-state index contributed by atoms with van der Waals surface area (Å²) in [5.74, 6) is 0.689. The Labute approximate surface area is 153 Å². The molecule has 0 spiro atoms. The van der Waals surface area contributed by atoms with Crippen molar-refractivity contribution in [1.82, 2.24) is 15.1 Å². The van der Waals surface area contributed by atoms with Gasteiger partial charge < -0.3 is 14.6 Å². The molecule has 0 aliphatic carbocycles. The minimum atomic E-state index is -0.244. The molecule has 1 amide bonds. The van der Waals surface area contributed by atoms with E-state index in [4.69, 9.17) is 4.42 Å². The number of aryl methyl sites for hydroxylation is 1. The van der Waals surface area contributed by atoms with E-state index in [1.54, 1.807) is 18.5 Å². The van der Waals surface area contributed by atoms with Gasteiger partial charge >= 0.3 is 0 Å². The summed E-state index contributed by atoms with van der Waals surface area (Å²) in [5, 5.41) is 7.08. The predicted octanol–water partition coefficient (Wildman–Crippen LogP) is 1.96. The molecule has 7 nitrogen and oxygen atoms in total. The SMILES string of the molecule is C[C@@H](CCc1ccco1)NC(=O)Cn1ncc(N2CCCCC2)cc1=O. The third-order valence-corrected chi connectivity index (χ3v) is 4.68. The number of anilines is 1. The Morgan fingerprint density at radius 3 is 2.85 bits per heavy atom. The van der Waals surface area contributed by atoms with Crippen molar-refractivity contribution < 1.29 is 9.21 Å². The fourth-order valence-electron chi connectivity index (χ4n) is 3.21. The summed E-state index contributed by atoms with van der Waals surface area (Å²) >= 11 is 0. The molecule has 1 fully saturated rings. The van der Waals surface area contributed by atoms with Gasteiger partial charge in [-0.05, 0) is 44.7 Å². The molecule has 3 rings (SSSR count). The zero-order chi connectivity index (χ0) is 18.4. The number of hydrogen-bond acceptors (Lipinski definition) is 5. The Balaban J connectivity index is 1.51. The molecule has 0 radical (unpaired) electrons. The van der Waals surface area contributed by atoms with Crippen LogP contribution in [0.25, 0.3) is 0 Å². The topological polar surface area (TPSA) is 80.4 Å². The number of rotatable bonds is 7. The fraction of sp³-hybridized carbons (Fsp3) is 0.526. The van der Waals surface area contributed by atoms with Gasteiger partial charge in [-0.15, -0.1) is 0 Å². The van der Waals surface area contributed by atoms with Crippen molar-refractivity contribution in [2.75, 3.05) is 18.0 Å². The maximum atomic E-state index is 12.3. The van der Waals surface area contributed by atoms with E-state index < -0.39 is 0 Å². The Hall–Kier alpha value is -2.57. The van der Waals surface area contributed by atoms with Crippen LogP contribution in [0.2, 0.25) is 0 Å². The van der Waals surface area contributed by atoms with Crippen LogP contribution in [0.15, 0.2) is 39.9 Å². The highest BCUT2D eigenvalue weighted by molar-refractivity contribution is 5.75. The second-order valence-electron chi connectivity index (χ2n) is 6.84. The van der Waals surface area contributed by atoms with Gasteiger partial charge in [0.25, 0.3) is 5.56 Å². The molecule has 3 heterocycles. The van der Waals surface area contributed by atoms with E-state index in [2.05, 4.69) is 15.3 Å². The van der Waals surface area contributed by atoms with Crippen LogP contribution in [0.1, 0.15) is 38.4 Å². The first kappa shape index (κ1) is 18.2. The highest BCUT2D eigenvalue weighted by atomic mass is 16.3. The van der Waals surface area contributed by atoms with Gasteiger partial charge in [-0.1, -0.05) is 0 Å². The molecule has 0 unspecified atom stereocenters. The normalized spacial score (nSPS) is 15.7. The number of furan rings is 1. The average Bonchev–Trinajstić information content (AvgIpc) is 3.16. The summed E-state index contributed by atoms with van der Waals surface area (Å²) in [4.78, 5) is 26.6. The van der Waals surface area contributed by atoms with Crippen LogP contribution in [0.3, 0.4) is 0 Å². The van der Waals surface area contributed by atoms with Gasteiger partial charge in [-0.25, -0.2) is 4.68 Å². The molecule has 0 bridgehead atoms. The average molecular weight is 358 g/mol. The summed E-state index contributed by atoms with van der Waals surface area (Å²) in [6.45, 7) is 3.79. The monoisotopic (exact) mass is 358 g/mol. The summed E-state index contributed by atoms with van der Waals surface area (Å²) in [7, 11) is 0. The van der Waals surface area contributed by atoms with Crippen LogP contribution in [-0.2, 0) is 17.8 Å². The van der Waals surface area contributed by atoms with Crippen molar-refractivity contribution >= 4 is 11.6 Å². The largest absolute Gasteiger partial charge is 0.469 e. The summed E-state index contributed by atoms with van der Waals surface area (Å²) in [6, 6.07) is 5.34. The van der Waals surface area contributed by atoms with Gasteiger partial charge in [0, 0.05) is 31.6 Å². The van der Waals surface area contributed by atoms with E-state index in [9.17, 15) is 9.59 Å². The molecule has 140 valence electrons. The Bertz CT molecular complexity index is 763. The van der Waals surface area contributed by atoms with Crippen molar-refractivity contribution in [3.05, 3.63) is 46.8 Å². The molecule has 2 aromatic heterocycles. The highest BCUT2D eigenvalue weighted by Gasteiger charge is 2.14. The zero-order valence-corrected chi connectivity index (χ0v) is 15.2. The smallest absolute Gasteiger partial charge is 0.269 e. The standard InChI is InChI=1S/C19H26N4O3/c1-15(7-8-17-6-5-11-26-17)21-18(24)14-23-19(25)12-16(13-20-23)22-9-3-2-4-10-22/h5-6,11-13,15H,2-4,7-10,14H2,1H3,(H,21,24)/t15-/m0/s1. The molecule has 0 saturated carbocycles. The maximum absolute atomic E-state index is 12.3. The summed E-state index contributed by atoms with van der Waals surface area (Å²) in [5.41, 5.74) is 0.602. The third-order valence-electron chi connectivity index (χ3n) is 4.68. The first-order chi connectivity index (χ1) is 12.6. The van der Waals surface area contributed by atoms with Crippen LogP contribution in [0.4, 0.5) is 5.69 Å². The summed E-state index contributed by atoms with van der Waals surface area (Å²) in [6.07, 6.45) is 8.37. The Kier molecular flexibility index (Phi) is 6.09. The van der Waals surface area contributed by atoms with Crippen LogP contribution in [0.5, 0.6) is 0 Å². The Morgan fingerprint density at radius 2 is 2.15 bits per heavy atom. The molecule has 7 heteroatoms. The van der Waals surface area contributed by atoms with Crippen LogP contribution >= 0.6 is 0 Å². The number of hydrogen-bond donors (Lipinski definition) is 1. The molecule has 0 aromatic carbocycles. The second kappa shape index (κ2) is 8.69. The lowest BCUT2D eigenvalue weighted by atomic mass is 10.1. The first-order valence-corrected chi connectivity index (χ1v) is 9.25. The van der Waals surface area contributed by atoms with E-state index in [-0.39, 0.29) is 24.1 Å². The van der Waals surface area contributed by atoms with Gasteiger partial charge in [0.2, 0.25) is 5.91 Å². The number of carbonyl (C=O) groups excluding carboxylic acids is 1. The van der Waals surface area contributed by atoms with Crippen molar-refractivity contribution in [2.45, 2.75) is 51.6 Å². The number of piperidine rings is 1. The predicted molar refractivity (Wildman–Crippen MR) is 99.2 cm³/mol. The highest BCUT2D eigenvalue weighted by Crippen LogP contribution is 2.16. The van der Waals surface area contributed by atoms with Crippen molar-refractivity contribution in [2.24, 2.45) is 0 Å². The second-order valence-corrected chi connectivity index (χ2v) is 6.84. The number of amides is 1. The molecule has 1 N–H and O–H groups in total. The van der Waals surface area contributed by atoms with E-state index in [0.29, 0.717) is 0 Å². The van der Waals surface area contributed by atoms with Crippen molar-refractivity contribution in [1.29, 1.82) is 0 Å². The lowest BCUT2D eigenvalue weighted by molar-refractivity contribution is -0.122. The maximum Gasteiger partial charge on any atom is 0.269 e. The minimum absolute atomic E-state index is 0.00377. The molecule has 1 atom stereocenters. The number of aromatic nitrogens is 2. The van der Waals surface area contributed by atoms with E-state index in [0.717, 1.165) is 50.2 Å². The quantitative estimate of drug-likeness (QED) is 0.818. The van der Waals surface area contributed by atoms with Gasteiger partial charge in [-0.3, -0.25) is 9.59 Å². The van der Waals surface area contributed by atoms with Gasteiger partial charge in [-0.2, -0.15) is 5.10 Å². The van der Waals surface area contributed by atoms with Crippen LogP contribution in [0, 0.1) is 0 Å². The van der Waals surface area contributed by atoms with Gasteiger partial charge in [0.1, 0.15) is 12.3 Å². The van der Waals surface area contributed by atoms with Crippen LogP contribution in [-0.4, -0.2) is 34.8 Å². The third kappa shape index (κ3) is 4.97. The molecule has 1 aliphatic heterocycles. The molecule has 1 saturated heterocycles.